The Kier molecular flexibility index (Phi) is 6.52. The van der Waals surface area contributed by atoms with Crippen molar-refractivity contribution in [3.63, 3.8) is 0 Å². The van der Waals surface area contributed by atoms with Crippen molar-refractivity contribution in [2.45, 2.75) is 24.4 Å². The summed E-state index contributed by atoms with van der Waals surface area (Å²) >= 11 is 0. The lowest BCUT2D eigenvalue weighted by Crippen LogP contribution is -2.52. The van der Waals surface area contributed by atoms with Crippen LogP contribution in [0.4, 0.5) is 30.7 Å². The number of carbonyl (C=O) groups excluding carboxylic acids is 1. The first-order valence-electron chi connectivity index (χ1n) is 9.45. The van der Waals surface area contributed by atoms with Crippen molar-refractivity contribution < 1.29 is 45.4 Å². The van der Waals surface area contributed by atoms with E-state index in [-0.39, 0.29) is 38.8 Å². The molecule has 1 heterocycles. The molecule has 0 unspecified atom stereocenters. The van der Waals surface area contributed by atoms with E-state index in [9.17, 15) is 40.6 Å². The van der Waals surface area contributed by atoms with Gasteiger partial charge in [-0.15, -0.1) is 0 Å². The van der Waals surface area contributed by atoms with Crippen LogP contribution in [0.5, 0.6) is 0 Å². The highest BCUT2D eigenvalue weighted by molar-refractivity contribution is 5.95. The quantitative estimate of drug-likeness (QED) is 0.671. The van der Waals surface area contributed by atoms with Gasteiger partial charge in [0.15, 0.2) is 0 Å². The molecule has 1 N–H and O–H groups in total. The molecule has 3 rings (SSSR count). The minimum atomic E-state index is -5.09. The number of hydrogen-bond donors (Lipinski definition) is 1. The number of morpholine rings is 1. The fourth-order valence-electron chi connectivity index (χ4n) is 3.62. The summed E-state index contributed by atoms with van der Waals surface area (Å²) in [6, 6.07) is 5.74. The monoisotopic (exact) mass is 465 g/mol. The Hall–Kier alpha value is -2.66. The summed E-state index contributed by atoms with van der Waals surface area (Å²) in [5.41, 5.74) is -4.85. The Morgan fingerprint density at radius 3 is 2.06 bits per heavy atom. The van der Waals surface area contributed by atoms with E-state index in [1.165, 1.54) is 12.1 Å². The smallest absolute Gasteiger partial charge is 0.396 e. The van der Waals surface area contributed by atoms with E-state index >= 15 is 0 Å². The van der Waals surface area contributed by atoms with Gasteiger partial charge in [-0.05, 0) is 35.9 Å². The van der Waals surface area contributed by atoms with Gasteiger partial charge in [-0.2, -0.15) is 26.3 Å². The number of aliphatic hydroxyl groups excluding tert-OH is 1. The largest absolute Gasteiger partial charge is 0.416 e. The van der Waals surface area contributed by atoms with Crippen LogP contribution in [-0.2, 0) is 22.7 Å². The zero-order valence-electron chi connectivity index (χ0n) is 16.4. The number of nitrogens with zero attached hydrogens (tertiary/aromatic N) is 1. The minimum absolute atomic E-state index is 0.0290. The van der Waals surface area contributed by atoms with E-state index in [4.69, 9.17) is 4.74 Å². The molecule has 11 heteroatoms. The molecule has 0 aromatic heterocycles. The zero-order chi connectivity index (χ0) is 23.7. The zero-order valence-corrected chi connectivity index (χ0v) is 16.4. The molecule has 4 nitrogen and oxygen atoms in total. The number of benzene rings is 2. The lowest BCUT2D eigenvalue weighted by atomic mass is 9.88. The summed E-state index contributed by atoms with van der Waals surface area (Å²) in [4.78, 5) is 14.0. The summed E-state index contributed by atoms with van der Waals surface area (Å²) in [7, 11) is 0. The molecule has 1 saturated heterocycles. The molecule has 0 bridgehead atoms. The second-order valence-electron chi connectivity index (χ2n) is 7.34. The Morgan fingerprint density at radius 2 is 1.56 bits per heavy atom. The van der Waals surface area contributed by atoms with Crippen LogP contribution >= 0.6 is 0 Å². The normalized spacial score (nSPS) is 19.8. The predicted molar refractivity (Wildman–Crippen MR) is 98.1 cm³/mol. The number of halogens is 7. The molecular formula is C21H18F7NO3. The highest BCUT2D eigenvalue weighted by Gasteiger charge is 2.41. The first kappa shape index (κ1) is 24.0. The van der Waals surface area contributed by atoms with Crippen molar-refractivity contribution in [2.24, 2.45) is 0 Å². The summed E-state index contributed by atoms with van der Waals surface area (Å²) in [5.74, 6) is -1.59. The number of carbonyl (C=O) groups is 1. The van der Waals surface area contributed by atoms with Crippen LogP contribution in [0.3, 0.4) is 0 Å². The van der Waals surface area contributed by atoms with Gasteiger partial charge in [-0.1, -0.05) is 12.1 Å². The summed E-state index contributed by atoms with van der Waals surface area (Å²) < 4.78 is 98.0. The molecule has 2 aromatic rings. The Balaban J connectivity index is 1.99. The molecule has 0 radical (unpaired) electrons. The van der Waals surface area contributed by atoms with E-state index in [1.807, 2.05) is 0 Å². The third-order valence-electron chi connectivity index (χ3n) is 5.19. The molecule has 0 spiro atoms. The maximum absolute atomic E-state index is 13.3. The maximum atomic E-state index is 13.3. The van der Waals surface area contributed by atoms with Crippen molar-refractivity contribution >= 4 is 5.91 Å². The number of aliphatic hydroxyl groups is 1. The number of rotatable bonds is 4. The van der Waals surface area contributed by atoms with Gasteiger partial charge in [-0.3, -0.25) is 4.79 Å². The summed E-state index contributed by atoms with van der Waals surface area (Å²) in [5, 5.41) is 9.49. The second-order valence-corrected chi connectivity index (χ2v) is 7.34. The van der Waals surface area contributed by atoms with Gasteiger partial charge in [0, 0.05) is 25.1 Å². The Labute approximate surface area is 178 Å². The number of hydrogen-bond acceptors (Lipinski definition) is 3. The van der Waals surface area contributed by atoms with Crippen molar-refractivity contribution in [2.75, 3.05) is 26.3 Å². The Bertz CT molecular complexity index is 937. The summed E-state index contributed by atoms with van der Waals surface area (Å²) in [6.45, 7) is -0.824. The average molecular weight is 465 g/mol. The number of alkyl halides is 6. The molecule has 0 saturated carbocycles. The molecule has 0 aliphatic carbocycles. The standard InChI is InChI=1S/C21H18F7NO3/c22-17-3-1-14(2-4-17)19(5-7-30)12-29(6-8-32-19)18(31)13-9-15(20(23,24)25)11-16(10-13)21(26,27)28/h1-4,9-11,30H,5-8,12H2/t19-/m0/s1. The van der Waals surface area contributed by atoms with Crippen LogP contribution in [-0.4, -0.2) is 42.2 Å². The van der Waals surface area contributed by atoms with Crippen LogP contribution in [0.15, 0.2) is 42.5 Å². The van der Waals surface area contributed by atoms with Crippen LogP contribution in [0, 0.1) is 5.82 Å². The topological polar surface area (TPSA) is 49.8 Å². The molecule has 32 heavy (non-hydrogen) atoms. The molecule has 1 fully saturated rings. The van der Waals surface area contributed by atoms with Gasteiger partial charge in [0.25, 0.3) is 5.91 Å². The minimum Gasteiger partial charge on any atom is -0.396 e. The third kappa shape index (κ3) is 5.04. The molecular weight excluding hydrogens is 447 g/mol. The fourth-order valence-corrected chi connectivity index (χ4v) is 3.62. The maximum Gasteiger partial charge on any atom is 0.416 e. The number of amides is 1. The fraction of sp³-hybridized carbons (Fsp3) is 0.381. The highest BCUT2D eigenvalue weighted by atomic mass is 19.4. The molecule has 174 valence electrons. The molecule has 1 aliphatic heterocycles. The first-order valence-corrected chi connectivity index (χ1v) is 9.45. The van der Waals surface area contributed by atoms with Crippen LogP contribution in [0.2, 0.25) is 0 Å². The highest BCUT2D eigenvalue weighted by Crippen LogP contribution is 2.38. The molecule has 1 atom stereocenters. The van der Waals surface area contributed by atoms with Crippen molar-refractivity contribution in [3.05, 3.63) is 70.5 Å². The lowest BCUT2D eigenvalue weighted by molar-refractivity contribution is -0.143. The van der Waals surface area contributed by atoms with E-state index in [1.54, 1.807) is 0 Å². The number of ether oxygens (including phenoxy) is 1. The van der Waals surface area contributed by atoms with Gasteiger partial charge < -0.3 is 14.7 Å². The van der Waals surface area contributed by atoms with E-state index in [2.05, 4.69) is 0 Å². The van der Waals surface area contributed by atoms with Gasteiger partial charge in [0.2, 0.25) is 0 Å². The average Bonchev–Trinajstić information content (AvgIpc) is 2.72. The Morgan fingerprint density at radius 1 is 1.00 bits per heavy atom. The van der Waals surface area contributed by atoms with Crippen LogP contribution in [0.1, 0.15) is 33.5 Å². The van der Waals surface area contributed by atoms with E-state index in [0.717, 1.165) is 17.0 Å². The van der Waals surface area contributed by atoms with Crippen molar-refractivity contribution in [1.82, 2.24) is 4.90 Å². The first-order chi connectivity index (χ1) is 14.9. The third-order valence-corrected chi connectivity index (χ3v) is 5.19. The van der Waals surface area contributed by atoms with Gasteiger partial charge >= 0.3 is 12.4 Å². The second kappa shape index (κ2) is 8.70. The molecule has 1 amide bonds. The van der Waals surface area contributed by atoms with Gasteiger partial charge in [0.05, 0.1) is 24.3 Å². The van der Waals surface area contributed by atoms with Crippen LogP contribution < -0.4 is 0 Å². The lowest BCUT2D eigenvalue weighted by Gasteiger charge is -2.43. The van der Waals surface area contributed by atoms with Gasteiger partial charge in [0.1, 0.15) is 11.4 Å². The van der Waals surface area contributed by atoms with Crippen molar-refractivity contribution in [1.29, 1.82) is 0 Å². The van der Waals surface area contributed by atoms with E-state index in [0.29, 0.717) is 17.7 Å². The summed E-state index contributed by atoms with van der Waals surface area (Å²) in [6.07, 6.45) is -10.2. The van der Waals surface area contributed by atoms with Crippen LogP contribution in [0.25, 0.3) is 0 Å². The molecule has 1 aliphatic rings. The predicted octanol–water partition coefficient (Wildman–Crippen LogP) is 4.61. The SMILES string of the molecule is O=C(c1cc(C(F)(F)F)cc(C(F)(F)F)c1)N1CCO[C@](CCO)(c2ccc(F)cc2)C1. The van der Waals surface area contributed by atoms with Gasteiger partial charge in [-0.25, -0.2) is 4.39 Å². The van der Waals surface area contributed by atoms with E-state index < -0.39 is 46.4 Å². The molecule has 2 aromatic carbocycles. The van der Waals surface area contributed by atoms with Crippen molar-refractivity contribution in [3.8, 4) is 0 Å².